The summed E-state index contributed by atoms with van der Waals surface area (Å²) in [7, 11) is 0. The van der Waals surface area contributed by atoms with Crippen LogP contribution in [0.15, 0.2) is 16.7 Å². The maximum Gasteiger partial charge on any atom is 0.170 e. The van der Waals surface area contributed by atoms with Crippen LogP contribution in [0.5, 0.6) is 0 Å². The van der Waals surface area contributed by atoms with Crippen LogP contribution in [0.2, 0.25) is 0 Å². The Bertz CT molecular complexity index is 486. The van der Waals surface area contributed by atoms with E-state index >= 15 is 0 Å². The van der Waals surface area contributed by atoms with Gasteiger partial charge in [0.2, 0.25) is 0 Å². The summed E-state index contributed by atoms with van der Waals surface area (Å²) in [5.41, 5.74) is 0.721. The fraction of sp³-hybridized carbons (Fsp3) is 0.125. The fourth-order valence-electron chi connectivity index (χ4n) is 0.984. The van der Waals surface area contributed by atoms with Crippen molar-refractivity contribution in [3.05, 3.63) is 21.7 Å². The molecule has 0 spiro atoms. The Balaban J connectivity index is 2.57. The van der Waals surface area contributed by atoms with E-state index in [4.69, 9.17) is 5.26 Å². The Morgan fingerprint density at radius 3 is 3.23 bits per heavy atom. The van der Waals surface area contributed by atoms with E-state index in [0.29, 0.717) is 6.42 Å². The lowest BCUT2D eigenvalue weighted by Crippen LogP contribution is -1.78. The minimum atomic E-state index is 0.360. The standard InChI is InChI=1S/C8H4BrN3S/c9-5-3-6-8(11-4-5)12-7(13-6)1-2-10/h3-4H,1H2. The largest absolute Gasteiger partial charge is 0.235 e. The molecule has 0 radical (unpaired) electrons. The molecule has 0 saturated carbocycles. The molecule has 0 saturated heterocycles. The van der Waals surface area contributed by atoms with E-state index in [1.165, 1.54) is 11.3 Å². The molecule has 0 atom stereocenters. The highest BCUT2D eigenvalue weighted by Gasteiger charge is 2.04. The molecular weight excluding hydrogens is 250 g/mol. The van der Waals surface area contributed by atoms with Gasteiger partial charge in [-0.25, -0.2) is 9.97 Å². The van der Waals surface area contributed by atoms with E-state index in [1.54, 1.807) is 6.20 Å². The molecule has 13 heavy (non-hydrogen) atoms. The number of hydrogen-bond donors (Lipinski definition) is 0. The molecular formula is C8H4BrN3S. The summed E-state index contributed by atoms with van der Waals surface area (Å²) in [6.07, 6.45) is 2.07. The van der Waals surface area contributed by atoms with Gasteiger partial charge >= 0.3 is 0 Å². The van der Waals surface area contributed by atoms with Crippen LogP contribution in [0.25, 0.3) is 10.3 Å². The van der Waals surface area contributed by atoms with Gasteiger partial charge in [0, 0.05) is 10.7 Å². The first kappa shape index (κ1) is 8.60. The fourth-order valence-corrected chi connectivity index (χ4v) is 2.36. The van der Waals surface area contributed by atoms with E-state index < -0.39 is 0 Å². The molecule has 0 aliphatic carbocycles. The number of pyridine rings is 1. The average Bonchev–Trinajstić information content (AvgIpc) is 2.46. The van der Waals surface area contributed by atoms with Crippen LogP contribution in [0.1, 0.15) is 5.01 Å². The molecule has 0 unspecified atom stereocenters. The van der Waals surface area contributed by atoms with Crippen LogP contribution in [-0.4, -0.2) is 9.97 Å². The molecule has 64 valence electrons. The monoisotopic (exact) mass is 253 g/mol. The highest BCUT2D eigenvalue weighted by Crippen LogP contribution is 2.23. The van der Waals surface area contributed by atoms with Crippen LogP contribution >= 0.6 is 27.3 Å². The van der Waals surface area contributed by atoms with Crippen molar-refractivity contribution in [3.8, 4) is 6.07 Å². The van der Waals surface area contributed by atoms with Gasteiger partial charge in [-0.15, -0.1) is 11.3 Å². The van der Waals surface area contributed by atoms with Gasteiger partial charge in [0.1, 0.15) is 5.01 Å². The summed E-state index contributed by atoms with van der Waals surface area (Å²) in [4.78, 5) is 8.33. The van der Waals surface area contributed by atoms with Gasteiger partial charge in [-0.2, -0.15) is 5.26 Å². The Labute approximate surface area is 87.2 Å². The van der Waals surface area contributed by atoms with Gasteiger partial charge in [0.15, 0.2) is 5.65 Å². The second-order valence-electron chi connectivity index (χ2n) is 2.42. The zero-order valence-electron chi connectivity index (χ0n) is 6.49. The van der Waals surface area contributed by atoms with Crippen LogP contribution in [0, 0.1) is 11.3 Å². The SMILES string of the molecule is N#CCc1nc2ncc(Br)cc2s1. The first-order valence-electron chi connectivity index (χ1n) is 3.57. The Hall–Kier alpha value is -0.990. The summed E-state index contributed by atoms with van der Waals surface area (Å²) >= 11 is 4.84. The van der Waals surface area contributed by atoms with Gasteiger partial charge in [0.25, 0.3) is 0 Å². The van der Waals surface area contributed by atoms with Gasteiger partial charge in [-0.1, -0.05) is 0 Å². The molecule has 2 aromatic rings. The number of nitrogens with zero attached hydrogens (tertiary/aromatic N) is 3. The molecule has 0 aliphatic rings. The van der Waals surface area contributed by atoms with Crippen LogP contribution in [0.4, 0.5) is 0 Å². The van der Waals surface area contributed by atoms with Crippen LogP contribution in [0.3, 0.4) is 0 Å². The topological polar surface area (TPSA) is 49.6 Å². The van der Waals surface area contributed by atoms with Gasteiger partial charge in [0.05, 0.1) is 17.2 Å². The third kappa shape index (κ3) is 1.69. The first-order chi connectivity index (χ1) is 6.29. The molecule has 0 N–H and O–H groups in total. The third-order valence-corrected chi connectivity index (χ3v) is 2.91. The number of fused-ring (bicyclic) bond motifs is 1. The second kappa shape index (κ2) is 3.40. The Morgan fingerprint density at radius 2 is 2.46 bits per heavy atom. The Morgan fingerprint density at radius 1 is 1.62 bits per heavy atom. The maximum absolute atomic E-state index is 8.49. The lowest BCUT2D eigenvalue weighted by atomic mass is 10.5. The normalized spacial score (nSPS) is 10.2. The predicted octanol–water partition coefficient (Wildman–Crippen LogP) is 2.52. The number of aromatic nitrogens is 2. The summed E-state index contributed by atoms with van der Waals surface area (Å²) in [5, 5.41) is 9.31. The molecule has 0 amide bonds. The lowest BCUT2D eigenvalue weighted by Gasteiger charge is -1.86. The zero-order chi connectivity index (χ0) is 9.26. The quantitative estimate of drug-likeness (QED) is 0.785. The average molecular weight is 254 g/mol. The summed E-state index contributed by atoms with van der Waals surface area (Å²) in [6, 6.07) is 4.03. The van der Waals surface area contributed by atoms with Crippen molar-refractivity contribution in [3.63, 3.8) is 0 Å². The summed E-state index contributed by atoms with van der Waals surface area (Å²) in [6.45, 7) is 0. The van der Waals surface area contributed by atoms with E-state index in [1.807, 2.05) is 6.07 Å². The minimum absolute atomic E-state index is 0.360. The molecule has 0 bridgehead atoms. The van der Waals surface area contributed by atoms with Crippen molar-refractivity contribution in [2.24, 2.45) is 0 Å². The van der Waals surface area contributed by atoms with Gasteiger partial charge in [-0.3, -0.25) is 0 Å². The van der Waals surface area contributed by atoms with Gasteiger partial charge < -0.3 is 0 Å². The van der Waals surface area contributed by atoms with Crippen LogP contribution in [-0.2, 0) is 6.42 Å². The molecule has 2 rings (SSSR count). The smallest absolute Gasteiger partial charge is 0.170 e. The van der Waals surface area contributed by atoms with E-state index in [0.717, 1.165) is 19.8 Å². The number of nitriles is 1. The molecule has 0 fully saturated rings. The van der Waals surface area contributed by atoms with E-state index in [9.17, 15) is 0 Å². The number of rotatable bonds is 1. The van der Waals surface area contributed by atoms with Crippen LogP contribution < -0.4 is 0 Å². The number of halogens is 1. The van der Waals surface area contributed by atoms with Crippen molar-refractivity contribution < 1.29 is 0 Å². The van der Waals surface area contributed by atoms with E-state index in [2.05, 4.69) is 32.0 Å². The Kier molecular flexibility index (Phi) is 2.25. The van der Waals surface area contributed by atoms with Crippen molar-refractivity contribution in [2.45, 2.75) is 6.42 Å². The molecule has 3 nitrogen and oxygen atoms in total. The lowest BCUT2D eigenvalue weighted by molar-refractivity contribution is 1.19. The molecule has 2 aromatic heterocycles. The number of thiazole rings is 1. The molecule has 2 heterocycles. The second-order valence-corrected chi connectivity index (χ2v) is 4.45. The van der Waals surface area contributed by atoms with Gasteiger partial charge in [-0.05, 0) is 22.0 Å². The highest BCUT2D eigenvalue weighted by molar-refractivity contribution is 9.10. The first-order valence-corrected chi connectivity index (χ1v) is 5.18. The predicted molar refractivity (Wildman–Crippen MR) is 54.4 cm³/mol. The molecule has 0 aliphatic heterocycles. The van der Waals surface area contributed by atoms with Crippen molar-refractivity contribution in [1.29, 1.82) is 5.26 Å². The van der Waals surface area contributed by atoms with E-state index in [-0.39, 0.29) is 0 Å². The number of hydrogen-bond acceptors (Lipinski definition) is 4. The third-order valence-electron chi connectivity index (χ3n) is 1.49. The minimum Gasteiger partial charge on any atom is -0.235 e. The molecule has 5 heteroatoms. The molecule has 0 aromatic carbocycles. The maximum atomic E-state index is 8.49. The van der Waals surface area contributed by atoms with Crippen molar-refractivity contribution >= 4 is 37.6 Å². The van der Waals surface area contributed by atoms with Crippen molar-refractivity contribution in [2.75, 3.05) is 0 Å². The zero-order valence-corrected chi connectivity index (χ0v) is 8.89. The summed E-state index contributed by atoms with van der Waals surface area (Å²) < 4.78 is 1.95. The highest BCUT2D eigenvalue weighted by atomic mass is 79.9. The van der Waals surface area contributed by atoms with Crippen molar-refractivity contribution in [1.82, 2.24) is 9.97 Å². The summed E-state index contributed by atoms with van der Waals surface area (Å²) in [5.74, 6) is 0.